The molecule has 2 N–H and O–H groups in total. The fourth-order valence-electron chi connectivity index (χ4n) is 3.11. The monoisotopic (exact) mass is 274 g/mol. The zero-order valence-electron chi connectivity index (χ0n) is 11.9. The first-order valence-electron chi connectivity index (χ1n) is 7.53. The number of ether oxygens (including phenoxy) is 1. The van der Waals surface area contributed by atoms with Crippen LogP contribution in [-0.4, -0.2) is 24.8 Å². The lowest BCUT2D eigenvalue weighted by Crippen LogP contribution is -2.42. The second-order valence-corrected chi connectivity index (χ2v) is 5.78. The third-order valence-corrected chi connectivity index (χ3v) is 4.24. The first kappa shape index (κ1) is 13.4. The van der Waals surface area contributed by atoms with E-state index in [1.807, 2.05) is 13.0 Å². The lowest BCUT2D eigenvalue weighted by Gasteiger charge is -2.20. The second kappa shape index (κ2) is 5.83. The summed E-state index contributed by atoms with van der Waals surface area (Å²) in [5, 5.41) is 5.88. The minimum atomic E-state index is -0.147. The van der Waals surface area contributed by atoms with Crippen molar-refractivity contribution in [2.24, 2.45) is 0 Å². The van der Waals surface area contributed by atoms with Crippen LogP contribution in [0.15, 0.2) is 18.2 Å². The van der Waals surface area contributed by atoms with Gasteiger partial charge in [0, 0.05) is 12.3 Å². The Morgan fingerprint density at radius 1 is 1.30 bits per heavy atom. The first-order valence-corrected chi connectivity index (χ1v) is 7.53. The molecule has 0 saturated carbocycles. The molecule has 1 aromatic rings. The summed E-state index contributed by atoms with van der Waals surface area (Å²) in [4.78, 5) is 12.0. The van der Waals surface area contributed by atoms with Crippen molar-refractivity contribution in [3.05, 3.63) is 29.3 Å². The molecule has 4 nitrogen and oxygen atoms in total. The molecule has 0 aromatic heterocycles. The van der Waals surface area contributed by atoms with Crippen LogP contribution >= 0.6 is 0 Å². The molecule has 20 heavy (non-hydrogen) atoms. The quantitative estimate of drug-likeness (QED) is 0.890. The number of urea groups is 1. The highest BCUT2D eigenvalue weighted by molar-refractivity contribution is 5.89. The van der Waals surface area contributed by atoms with Gasteiger partial charge in [0.1, 0.15) is 0 Å². The van der Waals surface area contributed by atoms with Gasteiger partial charge in [0.15, 0.2) is 0 Å². The fraction of sp³-hybridized carbons (Fsp3) is 0.562. The van der Waals surface area contributed by atoms with E-state index in [2.05, 4.69) is 22.8 Å². The Labute approximate surface area is 119 Å². The molecule has 2 amide bonds. The number of hydrogen-bond donors (Lipinski definition) is 2. The number of rotatable bonds is 3. The van der Waals surface area contributed by atoms with Crippen molar-refractivity contribution < 1.29 is 9.53 Å². The average molecular weight is 274 g/mol. The molecule has 0 spiro atoms. The van der Waals surface area contributed by atoms with E-state index in [1.165, 1.54) is 17.5 Å². The van der Waals surface area contributed by atoms with Gasteiger partial charge in [0.25, 0.3) is 0 Å². The number of nitrogens with one attached hydrogen (secondary N) is 2. The summed E-state index contributed by atoms with van der Waals surface area (Å²) in [6.07, 6.45) is 5.78. The maximum Gasteiger partial charge on any atom is 0.319 e. The number of anilines is 1. The molecule has 1 fully saturated rings. The van der Waals surface area contributed by atoms with E-state index in [-0.39, 0.29) is 18.2 Å². The largest absolute Gasteiger partial charge is 0.376 e. The highest BCUT2D eigenvalue weighted by Gasteiger charge is 2.23. The van der Waals surface area contributed by atoms with E-state index >= 15 is 0 Å². The predicted octanol–water partition coefficient (Wildman–Crippen LogP) is 2.86. The maximum atomic E-state index is 12.0. The van der Waals surface area contributed by atoms with Crippen LogP contribution in [0.2, 0.25) is 0 Å². The van der Waals surface area contributed by atoms with Gasteiger partial charge in [-0.15, -0.1) is 0 Å². The molecule has 0 unspecified atom stereocenters. The molecular formula is C16H22N2O2. The van der Waals surface area contributed by atoms with Gasteiger partial charge in [-0.1, -0.05) is 6.07 Å². The Morgan fingerprint density at radius 3 is 2.95 bits per heavy atom. The van der Waals surface area contributed by atoms with E-state index < -0.39 is 0 Å². The molecule has 1 saturated heterocycles. The van der Waals surface area contributed by atoms with Crippen LogP contribution in [0.1, 0.15) is 37.3 Å². The van der Waals surface area contributed by atoms with Crippen LogP contribution in [0.4, 0.5) is 10.5 Å². The third-order valence-electron chi connectivity index (χ3n) is 4.24. The van der Waals surface area contributed by atoms with Crippen LogP contribution in [0.3, 0.4) is 0 Å². The summed E-state index contributed by atoms with van der Waals surface area (Å²) in [5.74, 6) is 0. The number of carbonyl (C=O) groups is 1. The predicted molar refractivity (Wildman–Crippen MR) is 79.1 cm³/mol. The third kappa shape index (κ3) is 2.96. The van der Waals surface area contributed by atoms with Crippen LogP contribution in [0.5, 0.6) is 0 Å². The van der Waals surface area contributed by atoms with Crippen molar-refractivity contribution in [3.63, 3.8) is 0 Å². The summed E-state index contributed by atoms with van der Waals surface area (Å²) in [6, 6.07) is 6.11. The highest BCUT2D eigenvalue weighted by Crippen LogP contribution is 2.24. The Morgan fingerprint density at radius 2 is 2.15 bits per heavy atom. The molecule has 0 radical (unpaired) electrons. The summed E-state index contributed by atoms with van der Waals surface area (Å²) in [6.45, 7) is 2.81. The van der Waals surface area contributed by atoms with Gasteiger partial charge in [-0.3, -0.25) is 0 Å². The van der Waals surface area contributed by atoms with Crippen LogP contribution in [-0.2, 0) is 17.6 Å². The van der Waals surface area contributed by atoms with Crippen molar-refractivity contribution in [2.75, 3.05) is 11.9 Å². The summed E-state index contributed by atoms with van der Waals surface area (Å²) >= 11 is 0. The minimum absolute atomic E-state index is 0.0481. The number of benzene rings is 1. The molecule has 1 aliphatic carbocycles. The minimum Gasteiger partial charge on any atom is -0.376 e. The fourth-order valence-corrected chi connectivity index (χ4v) is 3.11. The molecule has 2 atom stereocenters. The SMILES string of the molecule is C[C@@H](NC(=O)Nc1ccc2c(c1)CCC2)[C@H]1CCCO1. The van der Waals surface area contributed by atoms with E-state index in [4.69, 9.17) is 4.74 Å². The molecule has 1 heterocycles. The molecular weight excluding hydrogens is 252 g/mol. The van der Waals surface area contributed by atoms with Gasteiger partial charge in [0.2, 0.25) is 0 Å². The Hall–Kier alpha value is -1.55. The topological polar surface area (TPSA) is 50.4 Å². The molecule has 0 bridgehead atoms. The zero-order valence-corrected chi connectivity index (χ0v) is 11.9. The van der Waals surface area contributed by atoms with Gasteiger partial charge < -0.3 is 15.4 Å². The van der Waals surface area contributed by atoms with Crippen LogP contribution in [0.25, 0.3) is 0 Å². The van der Waals surface area contributed by atoms with E-state index in [0.717, 1.165) is 38.0 Å². The first-order chi connectivity index (χ1) is 9.72. The average Bonchev–Trinajstić information content (AvgIpc) is 3.09. The molecule has 1 aromatic carbocycles. The van der Waals surface area contributed by atoms with Crippen molar-refractivity contribution in [1.82, 2.24) is 5.32 Å². The standard InChI is InChI=1S/C16H22N2O2/c1-11(15-6-3-9-20-15)17-16(19)18-14-8-7-12-4-2-5-13(12)10-14/h7-8,10-11,15H,2-6,9H2,1H3,(H2,17,18,19)/t11-,15-/m1/s1. The van der Waals surface area contributed by atoms with Crippen LogP contribution in [0, 0.1) is 0 Å². The highest BCUT2D eigenvalue weighted by atomic mass is 16.5. The van der Waals surface area contributed by atoms with Gasteiger partial charge in [-0.2, -0.15) is 0 Å². The van der Waals surface area contributed by atoms with Gasteiger partial charge in [0.05, 0.1) is 12.1 Å². The number of fused-ring (bicyclic) bond motifs is 1. The number of carbonyl (C=O) groups excluding carboxylic acids is 1. The number of hydrogen-bond acceptors (Lipinski definition) is 2. The van der Waals surface area contributed by atoms with Gasteiger partial charge in [-0.05, 0) is 62.3 Å². The second-order valence-electron chi connectivity index (χ2n) is 5.78. The van der Waals surface area contributed by atoms with Gasteiger partial charge >= 0.3 is 6.03 Å². The molecule has 4 heteroatoms. The summed E-state index contributed by atoms with van der Waals surface area (Å²) < 4.78 is 5.58. The van der Waals surface area contributed by atoms with Crippen molar-refractivity contribution in [1.29, 1.82) is 0 Å². The summed E-state index contributed by atoms with van der Waals surface area (Å²) in [7, 11) is 0. The Balaban J connectivity index is 1.55. The smallest absolute Gasteiger partial charge is 0.319 e. The van der Waals surface area contributed by atoms with E-state index in [1.54, 1.807) is 0 Å². The Kier molecular flexibility index (Phi) is 3.92. The molecule has 108 valence electrons. The molecule has 1 aliphatic heterocycles. The Bertz CT molecular complexity index is 495. The van der Waals surface area contributed by atoms with Crippen molar-refractivity contribution >= 4 is 11.7 Å². The van der Waals surface area contributed by atoms with Crippen LogP contribution < -0.4 is 10.6 Å². The molecule has 3 rings (SSSR count). The lowest BCUT2D eigenvalue weighted by molar-refractivity contribution is 0.0868. The van der Waals surface area contributed by atoms with Crippen molar-refractivity contribution in [3.8, 4) is 0 Å². The normalized spacial score (nSPS) is 22.4. The zero-order chi connectivity index (χ0) is 13.9. The maximum absolute atomic E-state index is 12.0. The van der Waals surface area contributed by atoms with E-state index in [0.29, 0.717) is 0 Å². The molecule has 2 aliphatic rings. The lowest BCUT2D eigenvalue weighted by atomic mass is 10.1. The van der Waals surface area contributed by atoms with Crippen molar-refractivity contribution in [2.45, 2.75) is 51.2 Å². The number of amides is 2. The summed E-state index contributed by atoms with van der Waals surface area (Å²) in [5.41, 5.74) is 3.67. The number of aryl methyl sites for hydroxylation is 2. The van der Waals surface area contributed by atoms with E-state index in [9.17, 15) is 4.79 Å². The van der Waals surface area contributed by atoms with Gasteiger partial charge in [-0.25, -0.2) is 4.79 Å².